The number of hydrogen-bond donors (Lipinski definition) is 2. The number of carbonyl (C=O) groups is 1. The van der Waals surface area contributed by atoms with E-state index >= 15 is 0 Å². The van der Waals surface area contributed by atoms with Crippen molar-refractivity contribution in [2.75, 3.05) is 5.32 Å². The Balaban J connectivity index is 1.81. The molecule has 0 spiro atoms. The standard InChI is InChI=1S/C30H33NO2/c1-20-17-26-27(30(4,5)16-15-29(26,2)3)19-22(20)18-25(21-9-7-6-8-10-21)28(33)31-23-11-13-24(32)14-12-23/h6-14,17-19,32H,15-16H2,1-5H3,(H,31,33). The molecule has 0 saturated heterocycles. The van der Waals surface area contributed by atoms with E-state index in [1.807, 2.05) is 36.4 Å². The van der Waals surface area contributed by atoms with E-state index < -0.39 is 0 Å². The molecule has 3 aromatic carbocycles. The fourth-order valence-corrected chi connectivity index (χ4v) is 4.69. The molecule has 170 valence electrons. The van der Waals surface area contributed by atoms with Crippen molar-refractivity contribution in [3.63, 3.8) is 0 Å². The van der Waals surface area contributed by atoms with Crippen LogP contribution >= 0.6 is 0 Å². The summed E-state index contributed by atoms with van der Waals surface area (Å²) in [6.45, 7) is 11.4. The van der Waals surface area contributed by atoms with E-state index in [4.69, 9.17) is 0 Å². The molecule has 4 rings (SSSR count). The van der Waals surface area contributed by atoms with Gasteiger partial charge in [-0.1, -0.05) is 70.2 Å². The van der Waals surface area contributed by atoms with Gasteiger partial charge in [-0.3, -0.25) is 4.79 Å². The average molecular weight is 440 g/mol. The number of carbonyl (C=O) groups excluding carboxylic acids is 1. The number of benzene rings is 3. The van der Waals surface area contributed by atoms with Crippen LogP contribution in [0.2, 0.25) is 0 Å². The van der Waals surface area contributed by atoms with Gasteiger partial charge in [-0.05, 0) is 88.8 Å². The zero-order valence-electron chi connectivity index (χ0n) is 20.2. The van der Waals surface area contributed by atoms with E-state index in [0.29, 0.717) is 11.3 Å². The highest BCUT2D eigenvalue weighted by Crippen LogP contribution is 2.46. The largest absolute Gasteiger partial charge is 0.508 e. The van der Waals surface area contributed by atoms with E-state index in [-0.39, 0.29) is 22.5 Å². The van der Waals surface area contributed by atoms with Crippen LogP contribution in [0.25, 0.3) is 11.6 Å². The lowest BCUT2D eigenvalue weighted by molar-refractivity contribution is -0.111. The summed E-state index contributed by atoms with van der Waals surface area (Å²) in [5, 5.41) is 12.5. The quantitative estimate of drug-likeness (QED) is 0.256. The lowest BCUT2D eigenvalue weighted by atomic mass is 9.62. The third-order valence-corrected chi connectivity index (χ3v) is 6.99. The molecule has 3 nitrogen and oxygen atoms in total. The molecule has 0 fully saturated rings. The van der Waals surface area contributed by atoms with Crippen LogP contribution in [0, 0.1) is 6.92 Å². The lowest BCUT2D eigenvalue weighted by Gasteiger charge is -2.42. The Labute approximate surface area is 197 Å². The van der Waals surface area contributed by atoms with Crippen LogP contribution in [-0.4, -0.2) is 11.0 Å². The molecule has 0 aliphatic heterocycles. The van der Waals surface area contributed by atoms with E-state index in [1.54, 1.807) is 24.3 Å². The van der Waals surface area contributed by atoms with Crippen molar-refractivity contribution < 1.29 is 9.90 Å². The van der Waals surface area contributed by atoms with E-state index in [2.05, 4.69) is 52.1 Å². The molecule has 0 bridgehead atoms. The Morgan fingerprint density at radius 2 is 1.45 bits per heavy atom. The van der Waals surface area contributed by atoms with Gasteiger partial charge < -0.3 is 10.4 Å². The Hall–Kier alpha value is -3.33. The maximum absolute atomic E-state index is 13.4. The summed E-state index contributed by atoms with van der Waals surface area (Å²) in [6, 6.07) is 20.9. The van der Waals surface area contributed by atoms with Crippen LogP contribution in [0.3, 0.4) is 0 Å². The van der Waals surface area contributed by atoms with Gasteiger partial charge in [-0.25, -0.2) is 0 Å². The molecular formula is C30H33NO2. The molecule has 0 unspecified atom stereocenters. The summed E-state index contributed by atoms with van der Waals surface area (Å²) in [7, 11) is 0. The predicted octanol–water partition coefficient (Wildman–Crippen LogP) is 7.23. The average Bonchev–Trinajstić information content (AvgIpc) is 2.78. The van der Waals surface area contributed by atoms with Crippen LogP contribution in [0.5, 0.6) is 5.75 Å². The number of phenolic OH excluding ortho intramolecular Hbond substituents is 1. The molecular weight excluding hydrogens is 406 g/mol. The predicted molar refractivity (Wildman–Crippen MR) is 138 cm³/mol. The van der Waals surface area contributed by atoms with E-state index in [9.17, 15) is 9.90 Å². The molecule has 3 heteroatoms. The summed E-state index contributed by atoms with van der Waals surface area (Å²) < 4.78 is 0. The minimum atomic E-state index is -0.177. The number of hydrogen-bond acceptors (Lipinski definition) is 2. The number of aryl methyl sites for hydroxylation is 1. The Morgan fingerprint density at radius 3 is 2.06 bits per heavy atom. The zero-order valence-corrected chi connectivity index (χ0v) is 20.2. The summed E-state index contributed by atoms with van der Waals surface area (Å²) in [5.41, 5.74) is 7.41. The van der Waals surface area contributed by atoms with Gasteiger partial charge in [0.05, 0.1) is 0 Å². The molecule has 0 atom stereocenters. The van der Waals surface area contributed by atoms with Gasteiger partial charge in [0.25, 0.3) is 5.91 Å². The second kappa shape index (κ2) is 8.55. The summed E-state index contributed by atoms with van der Waals surface area (Å²) in [6.07, 6.45) is 4.33. The van der Waals surface area contributed by atoms with Crippen LogP contribution in [0.15, 0.2) is 66.7 Å². The Morgan fingerprint density at radius 1 is 0.879 bits per heavy atom. The highest BCUT2D eigenvalue weighted by atomic mass is 16.3. The second-order valence-corrected chi connectivity index (χ2v) is 10.4. The van der Waals surface area contributed by atoms with Gasteiger partial charge in [0.15, 0.2) is 0 Å². The van der Waals surface area contributed by atoms with Crippen molar-refractivity contribution in [3.05, 3.63) is 94.5 Å². The van der Waals surface area contributed by atoms with E-state index in [1.165, 1.54) is 23.1 Å². The van der Waals surface area contributed by atoms with Crippen LogP contribution in [-0.2, 0) is 15.6 Å². The molecule has 1 aliphatic rings. The van der Waals surface area contributed by atoms with Crippen LogP contribution in [0.1, 0.15) is 68.4 Å². The number of amides is 1. The maximum Gasteiger partial charge on any atom is 0.256 e. The van der Waals surface area contributed by atoms with E-state index in [0.717, 1.165) is 17.5 Å². The van der Waals surface area contributed by atoms with Gasteiger partial charge in [0, 0.05) is 11.3 Å². The minimum Gasteiger partial charge on any atom is -0.508 e. The monoisotopic (exact) mass is 439 g/mol. The highest BCUT2D eigenvalue weighted by Gasteiger charge is 2.37. The number of nitrogens with one attached hydrogen (secondary N) is 1. The number of fused-ring (bicyclic) bond motifs is 1. The van der Waals surface area contributed by atoms with Crippen molar-refractivity contribution in [2.45, 2.75) is 58.3 Å². The lowest BCUT2D eigenvalue weighted by Crippen LogP contribution is -2.34. The summed E-state index contributed by atoms with van der Waals surface area (Å²) in [5.74, 6) is -0.00866. The molecule has 3 aromatic rings. The van der Waals surface area contributed by atoms with Crippen molar-refractivity contribution in [1.29, 1.82) is 0 Å². The number of phenols is 1. The zero-order chi connectivity index (χ0) is 23.8. The van der Waals surface area contributed by atoms with Crippen molar-refractivity contribution >= 4 is 23.2 Å². The minimum absolute atomic E-state index is 0.0996. The number of rotatable bonds is 4. The first-order valence-electron chi connectivity index (χ1n) is 11.6. The first kappa shape index (κ1) is 22.8. The van der Waals surface area contributed by atoms with Crippen LogP contribution in [0.4, 0.5) is 5.69 Å². The Bertz CT molecular complexity index is 1200. The van der Waals surface area contributed by atoms with Gasteiger partial charge in [0.2, 0.25) is 0 Å². The first-order chi connectivity index (χ1) is 15.6. The van der Waals surface area contributed by atoms with Crippen molar-refractivity contribution in [2.24, 2.45) is 0 Å². The molecule has 0 heterocycles. The first-order valence-corrected chi connectivity index (χ1v) is 11.6. The molecule has 0 saturated carbocycles. The smallest absolute Gasteiger partial charge is 0.256 e. The van der Waals surface area contributed by atoms with Gasteiger partial charge in [-0.15, -0.1) is 0 Å². The third kappa shape index (κ3) is 4.73. The summed E-state index contributed by atoms with van der Waals surface area (Å²) >= 11 is 0. The SMILES string of the molecule is Cc1cc2c(cc1C=C(C(=O)Nc1ccc(O)cc1)c1ccccc1)C(C)(C)CCC2(C)C. The van der Waals surface area contributed by atoms with Crippen molar-refractivity contribution in [3.8, 4) is 5.75 Å². The molecule has 2 N–H and O–H groups in total. The normalized spacial score (nSPS) is 16.7. The molecule has 1 aliphatic carbocycles. The maximum atomic E-state index is 13.4. The molecule has 1 amide bonds. The third-order valence-electron chi connectivity index (χ3n) is 6.99. The summed E-state index contributed by atoms with van der Waals surface area (Å²) in [4.78, 5) is 13.4. The number of aromatic hydroxyl groups is 1. The Kier molecular flexibility index (Phi) is 5.92. The van der Waals surface area contributed by atoms with Gasteiger partial charge in [-0.2, -0.15) is 0 Å². The second-order valence-electron chi connectivity index (χ2n) is 10.4. The fraction of sp³-hybridized carbons (Fsp3) is 0.300. The topological polar surface area (TPSA) is 49.3 Å². The van der Waals surface area contributed by atoms with Crippen molar-refractivity contribution in [1.82, 2.24) is 0 Å². The highest BCUT2D eigenvalue weighted by molar-refractivity contribution is 6.29. The molecule has 33 heavy (non-hydrogen) atoms. The van der Waals surface area contributed by atoms with Gasteiger partial charge >= 0.3 is 0 Å². The van der Waals surface area contributed by atoms with Crippen LogP contribution < -0.4 is 5.32 Å². The van der Waals surface area contributed by atoms with Gasteiger partial charge in [0.1, 0.15) is 5.75 Å². The molecule has 0 radical (unpaired) electrons. The molecule has 0 aromatic heterocycles. The fourth-order valence-electron chi connectivity index (χ4n) is 4.69. The number of anilines is 1.